The molecule has 0 N–H and O–H groups in total. The van der Waals surface area contributed by atoms with Gasteiger partial charge in [-0.3, -0.25) is 4.31 Å². The molecule has 0 aliphatic heterocycles. The van der Waals surface area contributed by atoms with Crippen molar-refractivity contribution in [1.82, 2.24) is 0 Å². The molecule has 2 rings (SSSR count). The van der Waals surface area contributed by atoms with Crippen LogP contribution in [0.25, 0.3) is 0 Å². The molecule has 0 fully saturated rings. The maximum Gasteiger partial charge on any atom is 0.337 e. The summed E-state index contributed by atoms with van der Waals surface area (Å²) < 4.78 is 30.5. The zero-order chi connectivity index (χ0) is 18.8. The van der Waals surface area contributed by atoms with Crippen molar-refractivity contribution in [3.63, 3.8) is 0 Å². The number of nitrogens with zero attached hydrogens (tertiary/aromatic N) is 1. The van der Waals surface area contributed by atoms with Crippen LogP contribution in [0.1, 0.15) is 21.5 Å². The van der Waals surface area contributed by atoms with Crippen LogP contribution in [0.2, 0.25) is 10.0 Å². The second-order valence-corrected chi connectivity index (χ2v) is 8.17. The van der Waals surface area contributed by atoms with Crippen molar-refractivity contribution in [2.24, 2.45) is 0 Å². The molecular formula is C17H17Cl2NO4S. The average molecular weight is 402 g/mol. The number of hydrogen-bond donors (Lipinski definition) is 0. The van der Waals surface area contributed by atoms with Crippen molar-refractivity contribution in [2.45, 2.75) is 13.5 Å². The zero-order valence-corrected chi connectivity index (χ0v) is 16.2. The predicted octanol–water partition coefficient (Wildman–Crippen LogP) is 4.05. The van der Waals surface area contributed by atoms with Crippen LogP contribution in [0, 0.1) is 6.92 Å². The first-order chi connectivity index (χ1) is 11.6. The van der Waals surface area contributed by atoms with Crippen LogP contribution in [-0.2, 0) is 21.3 Å². The van der Waals surface area contributed by atoms with Crippen LogP contribution in [0.3, 0.4) is 0 Å². The fourth-order valence-electron chi connectivity index (χ4n) is 2.39. The Morgan fingerprint density at radius 2 is 1.88 bits per heavy atom. The van der Waals surface area contributed by atoms with Crippen LogP contribution in [-0.4, -0.2) is 27.8 Å². The van der Waals surface area contributed by atoms with E-state index in [0.29, 0.717) is 32.4 Å². The van der Waals surface area contributed by atoms with Crippen LogP contribution in [0.4, 0.5) is 5.69 Å². The van der Waals surface area contributed by atoms with Gasteiger partial charge in [-0.25, -0.2) is 13.2 Å². The Morgan fingerprint density at radius 3 is 2.44 bits per heavy atom. The molecule has 0 aromatic heterocycles. The normalized spacial score (nSPS) is 11.2. The number of carbonyl (C=O) groups excluding carboxylic acids is 1. The Bertz CT molecular complexity index is 913. The first kappa shape index (κ1) is 19.6. The number of anilines is 1. The van der Waals surface area contributed by atoms with Crippen molar-refractivity contribution in [3.8, 4) is 0 Å². The number of rotatable bonds is 5. The van der Waals surface area contributed by atoms with Crippen molar-refractivity contribution >= 4 is 44.9 Å². The Labute approximate surface area is 157 Å². The Balaban J connectivity index is 2.49. The highest BCUT2D eigenvalue weighted by Crippen LogP contribution is 2.30. The summed E-state index contributed by atoms with van der Waals surface area (Å²) in [6.45, 7) is 1.75. The van der Waals surface area contributed by atoms with E-state index in [1.807, 2.05) is 0 Å². The molecule has 134 valence electrons. The van der Waals surface area contributed by atoms with E-state index in [0.717, 1.165) is 6.26 Å². The van der Waals surface area contributed by atoms with Gasteiger partial charge in [-0.2, -0.15) is 0 Å². The molecule has 0 radical (unpaired) electrons. The maximum atomic E-state index is 12.3. The summed E-state index contributed by atoms with van der Waals surface area (Å²) in [5.74, 6) is -0.488. The SMILES string of the molecule is COC(=O)c1ccc(N(Cc2cccc(Cl)c2Cl)S(C)(=O)=O)c(C)c1. The molecule has 0 unspecified atom stereocenters. The molecule has 25 heavy (non-hydrogen) atoms. The number of sulfonamides is 1. The van der Waals surface area contributed by atoms with E-state index in [1.54, 1.807) is 37.3 Å². The summed E-state index contributed by atoms with van der Waals surface area (Å²) in [5, 5.41) is 0.659. The van der Waals surface area contributed by atoms with Gasteiger partial charge in [0, 0.05) is 0 Å². The molecule has 2 aromatic carbocycles. The van der Waals surface area contributed by atoms with E-state index >= 15 is 0 Å². The summed E-state index contributed by atoms with van der Waals surface area (Å²) in [7, 11) is -2.30. The van der Waals surface area contributed by atoms with Crippen LogP contribution >= 0.6 is 23.2 Å². The molecule has 8 heteroatoms. The Hall–Kier alpha value is -1.76. The molecule has 0 aliphatic rings. The average Bonchev–Trinajstić information content (AvgIpc) is 2.55. The van der Waals surface area contributed by atoms with Crippen molar-refractivity contribution < 1.29 is 17.9 Å². The summed E-state index contributed by atoms with van der Waals surface area (Å²) in [5.41, 5.74) is 1.99. The number of aryl methyl sites for hydroxylation is 1. The van der Waals surface area contributed by atoms with Crippen molar-refractivity contribution in [2.75, 3.05) is 17.7 Å². The third-order valence-electron chi connectivity index (χ3n) is 3.63. The number of ether oxygens (including phenoxy) is 1. The fourth-order valence-corrected chi connectivity index (χ4v) is 3.70. The van der Waals surface area contributed by atoms with Gasteiger partial charge in [0.15, 0.2) is 0 Å². The lowest BCUT2D eigenvalue weighted by Gasteiger charge is -2.25. The summed E-state index contributed by atoms with van der Waals surface area (Å²) in [6, 6.07) is 9.72. The van der Waals surface area contributed by atoms with E-state index in [9.17, 15) is 13.2 Å². The quantitative estimate of drug-likeness (QED) is 0.708. The van der Waals surface area contributed by atoms with Gasteiger partial charge < -0.3 is 4.74 Å². The Kier molecular flexibility index (Phi) is 5.98. The standard InChI is InChI=1S/C17H17Cl2NO4S/c1-11-9-12(17(21)24-2)7-8-15(11)20(25(3,22)23)10-13-5-4-6-14(18)16(13)19/h4-9H,10H2,1-3H3. The molecule has 2 aromatic rings. The monoisotopic (exact) mass is 401 g/mol. The van der Waals surface area contributed by atoms with Gasteiger partial charge in [-0.05, 0) is 42.3 Å². The summed E-state index contributed by atoms with van der Waals surface area (Å²) in [4.78, 5) is 11.6. The molecular weight excluding hydrogens is 385 g/mol. The number of benzene rings is 2. The number of halogens is 2. The highest BCUT2D eigenvalue weighted by molar-refractivity contribution is 7.92. The highest BCUT2D eigenvalue weighted by Gasteiger charge is 2.22. The van der Waals surface area contributed by atoms with Gasteiger partial charge in [-0.1, -0.05) is 35.3 Å². The van der Waals surface area contributed by atoms with Crippen molar-refractivity contribution in [1.29, 1.82) is 0 Å². The van der Waals surface area contributed by atoms with Gasteiger partial charge in [0.1, 0.15) is 0 Å². The molecule has 0 amide bonds. The largest absolute Gasteiger partial charge is 0.465 e. The number of esters is 1. The lowest BCUT2D eigenvalue weighted by molar-refractivity contribution is 0.0600. The zero-order valence-electron chi connectivity index (χ0n) is 13.9. The van der Waals surface area contributed by atoms with Gasteiger partial charge in [-0.15, -0.1) is 0 Å². The van der Waals surface area contributed by atoms with Crippen LogP contribution < -0.4 is 4.31 Å². The van der Waals surface area contributed by atoms with Gasteiger partial charge in [0.05, 0.1) is 41.2 Å². The molecule has 0 atom stereocenters. The predicted molar refractivity (Wildman–Crippen MR) is 100 cm³/mol. The van der Waals surface area contributed by atoms with E-state index in [4.69, 9.17) is 23.2 Å². The first-order valence-electron chi connectivity index (χ1n) is 7.24. The summed E-state index contributed by atoms with van der Waals surface area (Å²) >= 11 is 12.2. The summed E-state index contributed by atoms with van der Waals surface area (Å²) in [6.07, 6.45) is 1.11. The first-order valence-corrected chi connectivity index (χ1v) is 9.85. The Morgan fingerprint density at radius 1 is 1.20 bits per heavy atom. The molecule has 5 nitrogen and oxygen atoms in total. The number of carbonyl (C=O) groups is 1. The lowest BCUT2D eigenvalue weighted by atomic mass is 10.1. The molecule has 0 bridgehead atoms. The minimum absolute atomic E-state index is 0.0244. The second-order valence-electron chi connectivity index (χ2n) is 5.48. The van der Waals surface area contributed by atoms with E-state index in [2.05, 4.69) is 4.74 Å². The number of methoxy groups -OCH3 is 1. The molecule has 0 spiro atoms. The van der Waals surface area contributed by atoms with Gasteiger partial charge in [0.25, 0.3) is 0 Å². The molecule has 0 saturated carbocycles. The van der Waals surface area contributed by atoms with E-state index in [1.165, 1.54) is 17.5 Å². The van der Waals surface area contributed by atoms with Gasteiger partial charge in [0.2, 0.25) is 10.0 Å². The van der Waals surface area contributed by atoms with E-state index in [-0.39, 0.29) is 6.54 Å². The molecule has 0 heterocycles. The number of hydrogen-bond acceptors (Lipinski definition) is 4. The van der Waals surface area contributed by atoms with Crippen molar-refractivity contribution in [3.05, 3.63) is 63.1 Å². The van der Waals surface area contributed by atoms with E-state index < -0.39 is 16.0 Å². The van der Waals surface area contributed by atoms with Crippen LogP contribution in [0.15, 0.2) is 36.4 Å². The smallest absolute Gasteiger partial charge is 0.337 e. The van der Waals surface area contributed by atoms with Crippen LogP contribution in [0.5, 0.6) is 0 Å². The maximum absolute atomic E-state index is 12.3. The topological polar surface area (TPSA) is 63.7 Å². The fraction of sp³-hybridized carbons (Fsp3) is 0.235. The molecule has 0 saturated heterocycles. The highest BCUT2D eigenvalue weighted by atomic mass is 35.5. The van der Waals surface area contributed by atoms with Gasteiger partial charge >= 0.3 is 5.97 Å². The third kappa shape index (κ3) is 4.45. The third-order valence-corrected chi connectivity index (χ3v) is 5.62. The lowest BCUT2D eigenvalue weighted by Crippen LogP contribution is -2.30. The second kappa shape index (κ2) is 7.64. The minimum Gasteiger partial charge on any atom is -0.465 e. The minimum atomic E-state index is -3.59. The molecule has 0 aliphatic carbocycles.